The van der Waals surface area contributed by atoms with Crippen molar-refractivity contribution in [3.8, 4) is 5.75 Å². The molecule has 3 aromatic rings. The molecule has 0 spiro atoms. The molecule has 9 heteroatoms. The van der Waals surface area contributed by atoms with Crippen LogP contribution in [0.4, 0.5) is 8.99 Å². The molecule has 0 radical (unpaired) electrons. The Labute approximate surface area is 179 Å². The lowest BCUT2D eigenvalue weighted by Crippen LogP contribution is -2.29. The molecule has 0 fully saturated rings. The molecule has 1 amide bonds. The van der Waals surface area contributed by atoms with E-state index in [9.17, 15) is 9.36 Å². The van der Waals surface area contributed by atoms with Crippen molar-refractivity contribution in [3.63, 3.8) is 0 Å². The number of ether oxygens (including phenoxy) is 1. The highest BCUT2D eigenvalue weighted by atomic mass is 31.2. The molecule has 31 heavy (non-hydrogen) atoms. The lowest BCUT2D eigenvalue weighted by Gasteiger charge is -2.23. The van der Waals surface area contributed by atoms with Crippen LogP contribution in [0.15, 0.2) is 84.9 Å². The average Bonchev–Trinajstić information content (AvgIpc) is 2.77. The van der Waals surface area contributed by atoms with Crippen LogP contribution in [0.25, 0.3) is 0 Å². The van der Waals surface area contributed by atoms with Gasteiger partial charge in [-0.1, -0.05) is 72.8 Å². The van der Waals surface area contributed by atoms with Crippen molar-refractivity contribution >= 4 is 19.6 Å². The van der Waals surface area contributed by atoms with Crippen LogP contribution in [0.5, 0.6) is 5.75 Å². The Morgan fingerprint density at radius 3 is 2.16 bits per heavy atom. The fraction of sp³-hybridized carbons (Fsp3) is 0.0909. The van der Waals surface area contributed by atoms with Crippen LogP contribution in [0.1, 0.15) is 22.5 Å². The van der Waals surface area contributed by atoms with E-state index < -0.39 is 19.6 Å². The van der Waals surface area contributed by atoms with E-state index in [0.717, 1.165) is 5.56 Å². The summed E-state index contributed by atoms with van der Waals surface area (Å²) in [4.78, 5) is 12.3. The summed E-state index contributed by atoms with van der Waals surface area (Å²) in [6.45, 7) is -0.0429. The van der Waals surface area contributed by atoms with Crippen molar-refractivity contribution in [1.29, 1.82) is 5.41 Å². The Bertz CT molecular complexity index is 1080. The van der Waals surface area contributed by atoms with Crippen LogP contribution >= 0.6 is 7.68 Å². The Hall–Kier alpha value is -3.64. The Balaban J connectivity index is 1.81. The topological polar surface area (TPSA) is 115 Å². The number of amides is 1. The molecule has 160 valence electrons. The minimum Gasteiger partial charge on any atom is -0.445 e. The van der Waals surface area contributed by atoms with Crippen molar-refractivity contribution < 1.29 is 22.8 Å². The Morgan fingerprint density at radius 1 is 1.00 bits per heavy atom. The smallest absolute Gasteiger partial charge is 0.442 e. The molecule has 0 aliphatic rings. The van der Waals surface area contributed by atoms with E-state index in [4.69, 9.17) is 20.4 Å². The molecule has 0 saturated carbocycles. The maximum Gasteiger partial charge on any atom is 0.442 e. The number of alkyl carbamates (subject to hydrolysis) is 1. The van der Waals surface area contributed by atoms with E-state index in [2.05, 4.69) is 5.32 Å². The minimum absolute atomic E-state index is 0.0429. The number of nitrogens with one attached hydrogen (secondary N) is 2. The predicted octanol–water partition coefficient (Wildman–Crippen LogP) is 5.14. The molecule has 2 unspecified atom stereocenters. The summed E-state index contributed by atoms with van der Waals surface area (Å²) in [7, 11) is -4.93. The van der Waals surface area contributed by atoms with E-state index in [1.54, 1.807) is 42.5 Å². The van der Waals surface area contributed by atoms with Gasteiger partial charge in [0.15, 0.2) is 5.78 Å². The van der Waals surface area contributed by atoms with Crippen molar-refractivity contribution in [2.24, 2.45) is 5.73 Å². The van der Waals surface area contributed by atoms with E-state index in [1.807, 2.05) is 6.07 Å². The highest BCUT2D eigenvalue weighted by molar-refractivity contribution is 7.54. The third-order valence-electron chi connectivity index (χ3n) is 4.29. The lowest BCUT2D eigenvalue weighted by molar-refractivity contribution is 0.137. The Kier molecular flexibility index (Phi) is 7.05. The number of hydrogen-bond acceptors (Lipinski definition) is 5. The molecule has 3 rings (SSSR count). The van der Waals surface area contributed by atoms with Crippen LogP contribution in [-0.2, 0) is 15.9 Å². The zero-order valence-electron chi connectivity index (χ0n) is 16.4. The maximum atomic E-state index is 15.3. The first-order valence-electron chi connectivity index (χ1n) is 9.31. The van der Waals surface area contributed by atoms with Crippen molar-refractivity contribution in [3.05, 3.63) is 102 Å². The van der Waals surface area contributed by atoms with Gasteiger partial charge >= 0.3 is 13.8 Å². The summed E-state index contributed by atoms with van der Waals surface area (Å²) in [5.74, 6) is -1.75. The molecule has 0 aliphatic heterocycles. The normalized spacial score (nSPS) is 13.5. The maximum absolute atomic E-state index is 15.3. The third kappa shape index (κ3) is 6.17. The van der Waals surface area contributed by atoms with Crippen LogP contribution in [0.3, 0.4) is 0 Å². The van der Waals surface area contributed by atoms with Crippen molar-refractivity contribution in [2.45, 2.75) is 12.4 Å². The monoisotopic (exact) mass is 441 g/mol. The second-order valence-corrected chi connectivity index (χ2v) is 8.31. The molecular weight excluding hydrogens is 420 g/mol. The van der Waals surface area contributed by atoms with E-state index in [0.29, 0.717) is 5.56 Å². The number of hydrogen-bond donors (Lipinski definition) is 3. The third-order valence-corrected chi connectivity index (χ3v) is 5.79. The van der Waals surface area contributed by atoms with E-state index in [1.165, 1.54) is 36.4 Å². The largest absolute Gasteiger partial charge is 0.445 e. The number of halogens is 1. The van der Waals surface area contributed by atoms with Gasteiger partial charge in [-0.05, 0) is 23.3 Å². The van der Waals surface area contributed by atoms with Gasteiger partial charge in [0.1, 0.15) is 18.2 Å². The molecule has 7 nitrogen and oxygen atoms in total. The van der Waals surface area contributed by atoms with Gasteiger partial charge in [-0.2, -0.15) is 0 Å². The first kappa shape index (κ1) is 22.1. The summed E-state index contributed by atoms with van der Waals surface area (Å²) in [5, 5.41) is 9.77. The van der Waals surface area contributed by atoms with Gasteiger partial charge in [0.05, 0.1) is 0 Å². The zero-order chi connectivity index (χ0) is 22.3. The molecule has 0 saturated heterocycles. The van der Waals surface area contributed by atoms with Gasteiger partial charge in [0.25, 0.3) is 0 Å². The van der Waals surface area contributed by atoms with Crippen LogP contribution < -0.4 is 15.6 Å². The van der Waals surface area contributed by atoms with Gasteiger partial charge in [-0.15, -0.1) is 4.20 Å². The average molecular weight is 441 g/mol. The standard InChI is InChI=1S/C22H21FN3O4P/c23-31(28,30-19-9-5-2-6-10-19)21(18-13-11-17(12-14-18)20(24)25)26-22(27)29-15-16-7-3-1-4-8-16/h1-14,21H,15H2,(H3,24,25)(H,26,27). The summed E-state index contributed by atoms with van der Waals surface area (Å²) in [5.41, 5.74) is 6.75. The SMILES string of the molecule is N=C(N)c1ccc(C(NC(=O)OCc2ccccc2)P(=O)(F)Oc2ccccc2)cc1. The second kappa shape index (κ2) is 9.91. The molecule has 2 atom stereocenters. The molecule has 4 N–H and O–H groups in total. The first-order valence-corrected chi connectivity index (χ1v) is 10.9. The van der Waals surface area contributed by atoms with Crippen LogP contribution in [-0.4, -0.2) is 11.9 Å². The van der Waals surface area contributed by atoms with Gasteiger partial charge in [-0.3, -0.25) is 5.41 Å². The van der Waals surface area contributed by atoms with Gasteiger partial charge in [0, 0.05) is 5.56 Å². The number of benzene rings is 3. The highest BCUT2D eigenvalue weighted by Gasteiger charge is 2.39. The highest BCUT2D eigenvalue weighted by Crippen LogP contribution is 2.59. The molecule has 0 bridgehead atoms. The zero-order valence-corrected chi connectivity index (χ0v) is 17.3. The molecule has 3 aromatic carbocycles. The number of amidine groups is 1. The quantitative estimate of drug-likeness (QED) is 0.254. The molecule has 0 aromatic heterocycles. The number of rotatable bonds is 8. The molecular formula is C22H21FN3O4P. The van der Waals surface area contributed by atoms with Gasteiger partial charge in [0.2, 0.25) is 0 Å². The van der Waals surface area contributed by atoms with Crippen LogP contribution in [0.2, 0.25) is 0 Å². The first-order chi connectivity index (χ1) is 14.8. The minimum atomic E-state index is -4.93. The van der Waals surface area contributed by atoms with Gasteiger partial charge < -0.3 is 20.3 Å². The fourth-order valence-electron chi connectivity index (χ4n) is 2.74. The summed E-state index contributed by atoms with van der Waals surface area (Å²) in [6.07, 6.45) is -0.959. The number of nitrogen functional groups attached to an aromatic ring is 1. The lowest BCUT2D eigenvalue weighted by atomic mass is 10.1. The van der Waals surface area contributed by atoms with E-state index in [-0.39, 0.29) is 23.8 Å². The number of carbonyl (C=O) groups is 1. The second-order valence-electron chi connectivity index (χ2n) is 6.57. The van der Waals surface area contributed by atoms with Gasteiger partial charge in [-0.25, -0.2) is 9.36 Å². The molecule has 0 aliphatic carbocycles. The summed E-state index contributed by atoms with van der Waals surface area (Å²) in [6, 6.07) is 22.5. The van der Waals surface area contributed by atoms with Crippen LogP contribution in [0, 0.1) is 5.41 Å². The summed E-state index contributed by atoms with van der Waals surface area (Å²) < 4.78 is 38.4. The Morgan fingerprint density at radius 2 is 1.58 bits per heavy atom. The number of carbonyl (C=O) groups excluding carboxylic acids is 1. The van der Waals surface area contributed by atoms with Crippen molar-refractivity contribution in [1.82, 2.24) is 5.32 Å². The summed E-state index contributed by atoms with van der Waals surface area (Å²) >= 11 is 0. The number of para-hydroxylation sites is 1. The fourth-order valence-corrected chi connectivity index (χ4v) is 4.04. The van der Waals surface area contributed by atoms with E-state index >= 15 is 4.20 Å². The number of nitrogens with two attached hydrogens (primary N) is 1. The molecule has 0 heterocycles. The predicted molar refractivity (Wildman–Crippen MR) is 116 cm³/mol. The van der Waals surface area contributed by atoms with Crippen molar-refractivity contribution in [2.75, 3.05) is 0 Å².